The van der Waals surface area contributed by atoms with Crippen LogP contribution in [-0.4, -0.2) is 17.0 Å². The van der Waals surface area contributed by atoms with E-state index in [4.69, 9.17) is 11.6 Å². The van der Waals surface area contributed by atoms with Crippen LogP contribution >= 0.6 is 11.6 Å². The molecule has 0 aromatic heterocycles. The third kappa shape index (κ3) is 4.37. The van der Waals surface area contributed by atoms with E-state index >= 15 is 0 Å². The Morgan fingerprint density at radius 2 is 1.51 bits per heavy atom. The highest BCUT2D eigenvalue weighted by molar-refractivity contribution is 6.33. The van der Waals surface area contributed by atoms with Crippen molar-refractivity contribution < 1.29 is 27.9 Å². The summed E-state index contributed by atoms with van der Waals surface area (Å²) in [5, 5.41) is 15.1. The smallest absolute Gasteiger partial charge is 0.416 e. The average Bonchev–Trinajstić information content (AvgIpc) is 3.61. The monoisotopic (exact) mass is 532 g/mol. The predicted molar refractivity (Wildman–Crippen MR) is 134 cm³/mol. The second-order valence-electron chi connectivity index (χ2n) is 11.7. The fourth-order valence-electron chi connectivity index (χ4n) is 7.42. The molecule has 5 aliphatic rings. The van der Waals surface area contributed by atoms with Gasteiger partial charge in [-0.05, 0) is 110 Å². The molecule has 7 rings (SSSR count). The predicted octanol–water partition coefficient (Wildman–Crippen LogP) is 7.37. The van der Waals surface area contributed by atoms with Gasteiger partial charge in [-0.1, -0.05) is 17.7 Å². The number of aliphatic carboxylic acids is 1. The zero-order chi connectivity index (χ0) is 26.2. The number of hydrogen-bond acceptors (Lipinski definition) is 3. The van der Waals surface area contributed by atoms with Crippen molar-refractivity contribution in [2.75, 3.05) is 10.6 Å². The third-order valence-electron chi connectivity index (χ3n) is 9.01. The Morgan fingerprint density at radius 1 is 0.919 bits per heavy atom. The number of halogens is 4. The SMILES string of the molecule is O=C(O)C1(C(=O)Nc2cc(Nc3ccc(C45CC6CC(CC(C6)C4)C5)cc3Cl)cc(C(F)(F)F)c2)CC1. The van der Waals surface area contributed by atoms with E-state index in [0.29, 0.717) is 10.7 Å². The molecule has 5 nitrogen and oxygen atoms in total. The first kappa shape index (κ1) is 24.6. The van der Waals surface area contributed by atoms with Crippen LogP contribution in [0.3, 0.4) is 0 Å². The molecule has 196 valence electrons. The molecule has 5 saturated carbocycles. The van der Waals surface area contributed by atoms with Crippen molar-refractivity contribution in [3.05, 3.63) is 52.5 Å². The Morgan fingerprint density at radius 3 is 2.03 bits per heavy atom. The molecule has 9 heteroatoms. The first-order chi connectivity index (χ1) is 17.5. The van der Waals surface area contributed by atoms with Gasteiger partial charge in [-0.15, -0.1) is 0 Å². The summed E-state index contributed by atoms with van der Waals surface area (Å²) in [5.74, 6) is 0.233. The van der Waals surface area contributed by atoms with Crippen molar-refractivity contribution in [1.29, 1.82) is 0 Å². The molecule has 5 aliphatic carbocycles. The Kier molecular flexibility index (Phi) is 5.57. The van der Waals surface area contributed by atoms with Crippen molar-refractivity contribution in [2.24, 2.45) is 23.2 Å². The summed E-state index contributed by atoms with van der Waals surface area (Å²) in [7, 11) is 0. The molecule has 1 amide bonds. The number of benzene rings is 2. The number of anilines is 3. The van der Waals surface area contributed by atoms with E-state index in [1.165, 1.54) is 50.2 Å². The maximum absolute atomic E-state index is 13.6. The van der Waals surface area contributed by atoms with Gasteiger partial charge in [0.1, 0.15) is 5.41 Å². The fraction of sp³-hybridized carbons (Fsp3) is 0.500. The molecule has 0 heterocycles. The van der Waals surface area contributed by atoms with E-state index < -0.39 is 29.0 Å². The second-order valence-corrected chi connectivity index (χ2v) is 12.1. The van der Waals surface area contributed by atoms with Crippen molar-refractivity contribution in [1.82, 2.24) is 0 Å². The Hall–Kier alpha value is -2.74. The Labute approximate surface area is 217 Å². The molecule has 37 heavy (non-hydrogen) atoms. The summed E-state index contributed by atoms with van der Waals surface area (Å²) < 4.78 is 40.9. The first-order valence-corrected chi connectivity index (χ1v) is 13.2. The molecule has 2 aromatic rings. The molecule has 0 aliphatic heterocycles. The minimum Gasteiger partial charge on any atom is -0.480 e. The number of carbonyl (C=O) groups excluding carboxylic acids is 1. The van der Waals surface area contributed by atoms with Crippen LogP contribution in [0.1, 0.15) is 62.5 Å². The van der Waals surface area contributed by atoms with Crippen LogP contribution in [0.2, 0.25) is 5.02 Å². The molecule has 0 spiro atoms. The Bertz CT molecular complexity index is 1250. The minimum absolute atomic E-state index is 0.0924. The van der Waals surface area contributed by atoms with E-state index in [0.717, 1.165) is 29.9 Å². The van der Waals surface area contributed by atoms with Crippen molar-refractivity contribution in [3.63, 3.8) is 0 Å². The lowest BCUT2D eigenvalue weighted by molar-refractivity contribution is -0.147. The largest absolute Gasteiger partial charge is 0.480 e. The first-order valence-electron chi connectivity index (χ1n) is 12.8. The summed E-state index contributed by atoms with van der Waals surface area (Å²) >= 11 is 6.66. The lowest BCUT2D eigenvalue weighted by Gasteiger charge is -2.57. The highest BCUT2D eigenvalue weighted by Crippen LogP contribution is 2.61. The summed E-state index contributed by atoms with van der Waals surface area (Å²) in [4.78, 5) is 24.0. The molecule has 3 N–H and O–H groups in total. The van der Waals surface area contributed by atoms with E-state index in [-0.39, 0.29) is 29.6 Å². The number of rotatable bonds is 6. The summed E-state index contributed by atoms with van der Waals surface area (Å²) in [5.41, 5.74) is -0.746. The van der Waals surface area contributed by atoms with Gasteiger partial charge in [-0.2, -0.15) is 13.2 Å². The van der Waals surface area contributed by atoms with Gasteiger partial charge in [0.05, 0.1) is 16.3 Å². The number of carbonyl (C=O) groups is 2. The minimum atomic E-state index is -4.66. The highest BCUT2D eigenvalue weighted by atomic mass is 35.5. The molecule has 0 atom stereocenters. The number of carboxylic acids is 1. The number of hydrogen-bond donors (Lipinski definition) is 3. The van der Waals surface area contributed by atoms with Gasteiger partial charge in [0.15, 0.2) is 0 Å². The number of alkyl halides is 3. The van der Waals surface area contributed by atoms with E-state index in [2.05, 4.69) is 10.6 Å². The summed E-state index contributed by atoms with van der Waals surface area (Å²) in [6.45, 7) is 0. The zero-order valence-electron chi connectivity index (χ0n) is 20.1. The van der Waals surface area contributed by atoms with E-state index in [1.54, 1.807) is 0 Å². The molecule has 0 unspecified atom stereocenters. The van der Waals surface area contributed by atoms with Gasteiger partial charge in [-0.3, -0.25) is 9.59 Å². The van der Waals surface area contributed by atoms with Crippen LogP contribution in [0.4, 0.5) is 30.2 Å². The molecule has 5 fully saturated rings. The Balaban J connectivity index is 1.26. The normalized spacial score (nSPS) is 29.1. The van der Waals surface area contributed by atoms with Gasteiger partial charge in [0, 0.05) is 11.4 Å². The summed E-state index contributed by atoms with van der Waals surface area (Å²) in [6.07, 6.45) is 3.17. The van der Waals surface area contributed by atoms with Crippen LogP contribution < -0.4 is 10.6 Å². The average molecular weight is 533 g/mol. The van der Waals surface area contributed by atoms with Crippen LogP contribution in [0.25, 0.3) is 0 Å². The van der Waals surface area contributed by atoms with Crippen LogP contribution in [-0.2, 0) is 21.2 Å². The standard InChI is InChI=1S/C28H28ClF3N2O3/c29-22-10-18(26-12-15-5-16(13-26)7-17(6-15)14-26)1-2-23(22)33-20-8-19(28(30,31)32)9-21(11-20)34-24(35)27(3-4-27)25(36)37/h1-2,8-11,15-17,33H,3-7,12-14H2,(H,34,35)(H,36,37). The lowest BCUT2D eigenvalue weighted by atomic mass is 9.48. The van der Waals surface area contributed by atoms with Gasteiger partial charge in [-0.25, -0.2) is 0 Å². The fourth-order valence-corrected chi connectivity index (χ4v) is 7.64. The van der Waals surface area contributed by atoms with Gasteiger partial charge < -0.3 is 15.7 Å². The molecule has 0 radical (unpaired) electrons. The molecule has 0 saturated heterocycles. The zero-order valence-corrected chi connectivity index (χ0v) is 20.9. The highest BCUT2D eigenvalue weighted by Gasteiger charge is 2.57. The maximum atomic E-state index is 13.6. The molecular formula is C28H28ClF3N2O3. The number of nitrogens with one attached hydrogen (secondary N) is 2. The van der Waals surface area contributed by atoms with Gasteiger partial charge >= 0.3 is 12.1 Å². The number of carboxylic acid groups (broad SMARTS) is 1. The van der Waals surface area contributed by atoms with Crippen molar-refractivity contribution >= 4 is 40.5 Å². The maximum Gasteiger partial charge on any atom is 0.416 e. The lowest BCUT2D eigenvalue weighted by Crippen LogP contribution is -2.48. The van der Waals surface area contributed by atoms with Crippen LogP contribution in [0.15, 0.2) is 36.4 Å². The van der Waals surface area contributed by atoms with E-state index in [9.17, 15) is 27.9 Å². The van der Waals surface area contributed by atoms with Crippen molar-refractivity contribution in [3.8, 4) is 0 Å². The van der Waals surface area contributed by atoms with E-state index in [1.807, 2.05) is 18.2 Å². The topological polar surface area (TPSA) is 78.4 Å². The molecule has 4 bridgehead atoms. The molecule has 2 aromatic carbocycles. The van der Waals surface area contributed by atoms with Gasteiger partial charge in [0.25, 0.3) is 0 Å². The van der Waals surface area contributed by atoms with Gasteiger partial charge in [0.2, 0.25) is 5.91 Å². The quantitative estimate of drug-likeness (QED) is 0.339. The van der Waals surface area contributed by atoms with Crippen molar-refractivity contribution in [2.45, 2.75) is 63.0 Å². The van der Waals surface area contributed by atoms with Crippen LogP contribution in [0.5, 0.6) is 0 Å². The molecular weight excluding hydrogens is 505 g/mol. The second kappa shape index (κ2) is 8.38. The number of amides is 1. The van der Waals surface area contributed by atoms with Crippen LogP contribution in [0, 0.1) is 23.2 Å². The summed E-state index contributed by atoms with van der Waals surface area (Å²) in [6, 6.07) is 8.92. The third-order valence-corrected chi connectivity index (χ3v) is 9.32.